The molecule has 1 aliphatic rings. The second-order valence-corrected chi connectivity index (χ2v) is 8.43. The Kier molecular flexibility index (Phi) is 6.82. The second kappa shape index (κ2) is 9.33. The maximum absolute atomic E-state index is 12.5. The summed E-state index contributed by atoms with van der Waals surface area (Å²) in [5.74, 6) is -0.458. The first-order chi connectivity index (χ1) is 13.9. The van der Waals surface area contributed by atoms with E-state index in [0.717, 1.165) is 10.5 Å². The maximum atomic E-state index is 12.5. The van der Waals surface area contributed by atoms with Gasteiger partial charge in [0.1, 0.15) is 0 Å². The van der Waals surface area contributed by atoms with E-state index in [1.54, 1.807) is 31.2 Å². The Bertz CT molecular complexity index is 933. The Balaban J connectivity index is 1.57. The molecular weight excluding hydrogens is 410 g/mol. The highest BCUT2D eigenvalue weighted by Gasteiger charge is 2.29. The number of benzene rings is 2. The Morgan fingerprint density at radius 3 is 2.59 bits per heavy atom. The van der Waals surface area contributed by atoms with Gasteiger partial charge in [-0.05, 0) is 42.8 Å². The van der Waals surface area contributed by atoms with E-state index in [1.807, 2.05) is 25.1 Å². The minimum absolute atomic E-state index is 0.0498. The van der Waals surface area contributed by atoms with Crippen LogP contribution in [0.15, 0.2) is 47.4 Å². The molecule has 3 N–H and O–H groups in total. The van der Waals surface area contributed by atoms with Gasteiger partial charge in [-0.25, -0.2) is 0 Å². The summed E-state index contributed by atoms with van der Waals surface area (Å²) in [6, 6.07) is 12.4. The average Bonchev–Trinajstić information content (AvgIpc) is 2.69. The van der Waals surface area contributed by atoms with Crippen LogP contribution in [0.25, 0.3) is 0 Å². The zero-order valence-corrected chi connectivity index (χ0v) is 17.7. The summed E-state index contributed by atoms with van der Waals surface area (Å²) in [4.78, 5) is 37.1. The predicted molar refractivity (Wildman–Crippen MR) is 116 cm³/mol. The summed E-state index contributed by atoms with van der Waals surface area (Å²) in [5.41, 5.74) is 2.30. The highest BCUT2D eigenvalue weighted by Crippen LogP contribution is 2.38. The smallest absolute Gasteiger partial charge is 0.238 e. The van der Waals surface area contributed by atoms with Crippen LogP contribution >= 0.6 is 23.4 Å². The molecule has 2 atom stereocenters. The van der Waals surface area contributed by atoms with Gasteiger partial charge in [0.25, 0.3) is 0 Å². The molecule has 8 heteroatoms. The van der Waals surface area contributed by atoms with Gasteiger partial charge in [0, 0.05) is 28.4 Å². The maximum Gasteiger partial charge on any atom is 0.238 e. The van der Waals surface area contributed by atoms with E-state index in [9.17, 15) is 14.4 Å². The van der Waals surface area contributed by atoms with Gasteiger partial charge in [-0.2, -0.15) is 0 Å². The normalized spacial score (nSPS) is 16.4. The van der Waals surface area contributed by atoms with Crippen molar-refractivity contribution in [2.45, 2.75) is 42.9 Å². The third-order valence-electron chi connectivity index (χ3n) is 4.52. The van der Waals surface area contributed by atoms with Crippen LogP contribution in [0.5, 0.6) is 0 Å². The number of rotatable bonds is 6. The fraction of sp³-hybridized carbons (Fsp3) is 0.286. The average molecular weight is 432 g/mol. The first-order valence-electron chi connectivity index (χ1n) is 9.32. The van der Waals surface area contributed by atoms with Gasteiger partial charge in [0.2, 0.25) is 17.7 Å². The lowest BCUT2D eigenvalue weighted by atomic mass is 10.1. The molecule has 3 amide bonds. The van der Waals surface area contributed by atoms with E-state index in [2.05, 4.69) is 16.0 Å². The molecule has 0 saturated carbocycles. The van der Waals surface area contributed by atoms with Crippen LogP contribution < -0.4 is 16.0 Å². The van der Waals surface area contributed by atoms with Gasteiger partial charge in [-0.15, -0.1) is 11.8 Å². The molecule has 1 aliphatic heterocycles. The van der Waals surface area contributed by atoms with Crippen LogP contribution in [-0.2, 0) is 14.4 Å². The lowest BCUT2D eigenvalue weighted by molar-refractivity contribution is -0.124. The molecule has 3 rings (SSSR count). The standard InChI is InChI=1S/C21H22ClN3O3S/c1-3-19(26)24-15-7-4-13(5-8-15)12(2)23-20(27)11-18-21(28)25-16-10-14(22)6-9-17(16)29-18/h4-10,12,18H,3,11H2,1-2H3,(H,23,27)(H,24,26)(H,25,28). The van der Waals surface area contributed by atoms with Crippen LogP contribution in [0.3, 0.4) is 0 Å². The highest BCUT2D eigenvalue weighted by molar-refractivity contribution is 8.01. The molecule has 0 bridgehead atoms. The minimum atomic E-state index is -0.498. The fourth-order valence-corrected chi connectivity index (χ4v) is 4.18. The Morgan fingerprint density at radius 2 is 1.90 bits per heavy atom. The van der Waals surface area contributed by atoms with Gasteiger partial charge in [0.15, 0.2) is 0 Å². The molecular formula is C21H22ClN3O3S. The van der Waals surface area contributed by atoms with Crippen molar-refractivity contribution < 1.29 is 14.4 Å². The number of carbonyl (C=O) groups is 3. The molecule has 2 aromatic rings. The van der Waals surface area contributed by atoms with Crippen LogP contribution in [0.1, 0.15) is 38.3 Å². The molecule has 6 nitrogen and oxygen atoms in total. The first-order valence-corrected chi connectivity index (χ1v) is 10.6. The van der Waals surface area contributed by atoms with Crippen molar-refractivity contribution in [3.8, 4) is 0 Å². The SMILES string of the molecule is CCC(=O)Nc1ccc(C(C)NC(=O)CC2Sc3ccc(Cl)cc3NC2=O)cc1. The Hall–Kier alpha value is -2.51. The van der Waals surface area contributed by atoms with E-state index in [1.165, 1.54) is 11.8 Å². The van der Waals surface area contributed by atoms with Gasteiger partial charge in [-0.3, -0.25) is 14.4 Å². The highest BCUT2D eigenvalue weighted by atomic mass is 35.5. The summed E-state index contributed by atoms with van der Waals surface area (Å²) in [5, 5.41) is 8.58. The van der Waals surface area contributed by atoms with E-state index >= 15 is 0 Å². The van der Waals surface area contributed by atoms with Crippen molar-refractivity contribution in [3.63, 3.8) is 0 Å². The molecule has 152 valence electrons. The third-order valence-corrected chi connectivity index (χ3v) is 6.04. The van der Waals surface area contributed by atoms with Crippen molar-refractivity contribution in [2.24, 2.45) is 0 Å². The topological polar surface area (TPSA) is 87.3 Å². The second-order valence-electron chi connectivity index (χ2n) is 6.75. The summed E-state index contributed by atoms with van der Waals surface area (Å²) >= 11 is 7.32. The van der Waals surface area contributed by atoms with Crippen LogP contribution in [0.4, 0.5) is 11.4 Å². The van der Waals surface area contributed by atoms with E-state index in [4.69, 9.17) is 11.6 Å². The summed E-state index contributed by atoms with van der Waals surface area (Å²) in [7, 11) is 0. The third kappa shape index (κ3) is 5.52. The molecule has 2 aromatic carbocycles. The summed E-state index contributed by atoms with van der Waals surface area (Å²) < 4.78 is 0. The Morgan fingerprint density at radius 1 is 1.17 bits per heavy atom. The monoisotopic (exact) mass is 431 g/mol. The number of nitrogens with one attached hydrogen (secondary N) is 3. The number of amides is 3. The van der Waals surface area contributed by atoms with Crippen LogP contribution in [0, 0.1) is 0 Å². The van der Waals surface area contributed by atoms with Crippen molar-refractivity contribution >= 4 is 52.5 Å². The molecule has 0 aliphatic carbocycles. The molecule has 1 heterocycles. The first kappa shape index (κ1) is 21.2. The number of anilines is 2. The van der Waals surface area contributed by atoms with E-state index in [-0.39, 0.29) is 30.2 Å². The van der Waals surface area contributed by atoms with Crippen molar-refractivity contribution in [3.05, 3.63) is 53.1 Å². The number of hydrogen-bond acceptors (Lipinski definition) is 4. The quantitative estimate of drug-likeness (QED) is 0.633. The molecule has 0 fully saturated rings. The molecule has 0 spiro atoms. The van der Waals surface area contributed by atoms with Crippen molar-refractivity contribution in [1.82, 2.24) is 5.32 Å². The number of halogens is 1. The Labute approximate surface area is 178 Å². The molecule has 2 unspecified atom stereocenters. The van der Waals surface area contributed by atoms with Gasteiger partial charge in [-0.1, -0.05) is 30.7 Å². The lowest BCUT2D eigenvalue weighted by Crippen LogP contribution is -2.35. The predicted octanol–water partition coefficient (Wildman–Crippen LogP) is 4.37. The molecule has 29 heavy (non-hydrogen) atoms. The molecule has 0 aromatic heterocycles. The van der Waals surface area contributed by atoms with Crippen LogP contribution in [-0.4, -0.2) is 23.0 Å². The van der Waals surface area contributed by atoms with E-state index < -0.39 is 5.25 Å². The molecule has 0 saturated heterocycles. The van der Waals surface area contributed by atoms with Crippen LogP contribution in [0.2, 0.25) is 5.02 Å². The largest absolute Gasteiger partial charge is 0.350 e. The number of fused-ring (bicyclic) bond motifs is 1. The zero-order chi connectivity index (χ0) is 21.0. The van der Waals surface area contributed by atoms with Gasteiger partial charge in [0.05, 0.1) is 17.0 Å². The number of hydrogen-bond donors (Lipinski definition) is 3. The van der Waals surface area contributed by atoms with E-state index in [0.29, 0.717) is 22.8 Å². The van der Waals surface area contributed by atoms with Gasteiger partial charge < -0.3 is 16.0 Å². The van der Waals surface area contributed by atoms with Gasteiger partial charge >= 0.3 is 0 Å². The molecule has 0 radical (unpaired) electrons. The minimum Gasteiger partial charge on any atom is -0.350 e. The summed E-state index contributed by atoms with van der Waals surface area (Å²) in [6.07, 6.45) is 0.492. The number of thioether (sulfide) groups is 1. The zero-order valence-electron chi connectivity index (χ0n) is 16.1. The number of carbonyl (C=O) groups excluding carboxylic acids is 3. The fourth-order valence-electron chi connectivity index (χ4n) is 2.91. The van der Waals surface area contributed by atoms with Crippen molar-refractivity contribution in [2.75, 3.05) is 10.6 Å². The summed E-state index contributed by atoms with van der Waals surface area (Å²) in [6.45, 7) is 3.67. The lowest BCUT2D eigenvalue weighted by Gasteiger charge is -2.24. The van der Waals surface area contributed by atoms with Crippen molar-refractivity contribution in [1.29, 1.82) is 0 Å².